The summed E-state index contributed by atoms with van der Waals surface area (Å²) >= 11 is 0. The first-order chi connectivity index (χ1) is 10.0. The van der Waals surface area contributed by atoms with Gasteiger partial charge < -0.3 is 15.0 Å². The highest BCUT2D eigenvalue weighted by Gasteiger charge is 2.29. The Balaban J connectivity index is 2.03. The van der Waals surface area contributed by atoms with Gasteiger partial charge in [0.15, 0.2) is 0 Å². The molecule has 108 valence electrons. The van der Waals surface area contributed by atoms with Gasteiger partial charge in [-0.15, -0.1) is 0 Å². The molecule has 5 nitrogen and oxygen atoms in total. The molecule has 0 aliphatic carbocycles. The topological polar surface area (TPSA) is 73.4 Å². The number of carbonyl (C=O) groups excluding carboxylic acids is 1. The number of aromatic amines is 1. The van der Waals surface area contributed by atoms with Crippen LogP contribution in [0.4, 0.5) is 5.69 Å². The predicted octanol–water partition coefficient (Wildman–Crippen LogP) is 2.53. The number of fused-ring (bicyclic) bond motifs is 1. The van der Waals surface area contributed by atoms with E-state index in [0.717, 1.165) is 17.7 Å². The minimum atomic E-state index is -1.04. The van der Waals surface area contributed by atoms with E-state index in [1.807, 2.05) is 24.3 Å². The molecule has 0 fully saturated rings. The lowest BCUT2D eigenvalue weighted by Gasteiger charge is -2.17. The van der Waals surface area contributed by atoms with Crippen LogP contribution in [0.1, 0.15) is 37.7 Å². The van der Waals surface area contributed by atoms with Gasteiger partial charge in [0.25, 0.3) is 5.91 Å². The second-order valence-corrected chi connectivity index (χ2v) is 5.27. The molecule has 2 aromatic rings. The Hall–Kier alpha value is -2.56. The number of H-pyrrole nitrogens is 1. The van der Waals surface area contributed by atoms with Gasteiger partial charge in [0, 0.05) is 17.9 Å². The van der Waals surface area contributed by atoms with Crippen LogP contribution in [0.3, 0.4) is 0 Å². The van der Waals surface area contributed by atoms with E-state index in [1.54, 1.807) is 18.7 Å². The number of aryl methyl sites for hydroxylation is 1. The summed E-state index contributed by atoms with van der Waals surface area (Å²) in [5, 5.41) is 9.15. The molecule has 0 spiro atoms. The minimum absolute atomic E-state index is 0.0864. The summed E-state index contributed by atoms with van der Waals surface area (Å²) in [4.78, 5) is 28.5. The van der Waals surface area contributed by atoms with Gasteiger partial charge in [0.2, 0.25) is 0 Å². The van der Waals surface area contributed by atoms with Crippen LogP contribution in [0.5, 0.6) is 0 Å². The van der Waals surface area contributed by atoms with Crippen molar-refractivity contribution < 1.29 is 14.7 Å². The number of nitrogens with zero attached hydrogens (tertiary/aromatic N) is 1. The van der Waals surface area contributed by atoms with Crippen molar-refractivity contribution in [2.75, 3.05) is 11.4 Å². The van der Waals surface area contributed by atoms with Crippen LogP contribution in [0.15, 0.2) is 24.3 Å². The van der Waals surface area contributed by atoms with Crippen molar-refractivity contribution in [1.82, 2.24) is 4.98 Å². The Labute approximate surface area is 122 Å². The number of carboxylic acids is 1. The molecular formula is C16H16N2O3. The summed E-state index contributed by atoms with van der Waals surface area (Å²) in [6.45, 7) is 4.03. The molecule has 2 N–H and O–H groups in total. The smallest absolute Gasteiger partial charge is 0.352 e. The van der Waals surface area contributed by atoms with Crippen LogP contribution >= 0.6 is 0 Å². The fourth-order valence-electron chi connectivity index (χ4n) is 2.97. The summed E-state index contributed by atoms with van der Waals surface area (Å²) < 4.78 is 0. The van der Waals surface area contributed by atoms with Crippen molar-refractivity contribution in [3.63, 3.8) is 0 Å². The lowest BCUT2D eigenvalue weighted by atomic mass is 10.1. The maximum Gasteiger partial charge on any atom is 0.352 e. The van der Waals surface area contributed by atoms with Crippen molar-refractivity contribution in [3.8, 4) is 0 Å². The van der Waals surface area contributed by atoms with Gasteiger partial charge in [-0.2, -0.15) is 0 Å². The van der Waals surface area contributed by atoms with Crippen molar-refractivity contribution >= 4 is 17.6 Å². The SMILES string of the molecule is Cc1[nH]c(C(=O)O)c(C)c1C(=O)N1CCc2ccccc21. The summed E-state index contributed by atoms with van der Waals surface area (Å²) in [6, 6.07) is 7.81. The molecule has 1 aliphatic rings. The highest BCUT2D eigenvalue weighted by molar-refractivity contribution is 6.10. The molecule has 3 rings (SSSR count). The summed E-state index contributed by atoms with van der Waals surface area (Å²) in [7, 11) is 0. The monoisotopic (exact) mass is 284 g/mol. The minimum Gasteiger partial charge on any atom is -0.477 e. The maximum atomic E-state index is 12.8. The molecule has 2 heterocycles. The zero-order valence-corrected chi connectivity index (χ0v) is 11.9. The van der Waals surface area contributed by atoms with Crippen LogP contribution < -0.4 is 4.90 Å². The highest BCUT2D eigenvalue weighted by Crippen LogP contribution is 2.30. The Morgan fingerprint density at radius 1 is 1.24 bits per heavy atom. The number of hydrogen-bond donors (Lipinski definition) is 2. The average molecular weight is 284 g/mol. The van der Waals surface area contributed by atoms with Crippen LogP contribution in [0.25, 0.3) is 0 Å². The fraction of sp³-hybridized carbons (Fsp3) is 0.250. The molecule has 1 aliphatic heterocycles. The van der Waals surface area contributed by atoms with E-state index in [-0.39, 0.29) is 11.6 Å². The number of rotatable bonds is 2. The molecule has 21 heavy (non-hydrogen) atoms. The number of hydrogen-bond acceptors (Lipinski definition) is 2. The number of carbonyl (C=O) groups is 2. The molecule has 0 saturated carbocycles. The van der Waals surface area contributed by atoms with Crippen LogP contribution in [0.2, 0.25) is 0 Å². The third kappa shape index (κ3) is 2.01. The zero-order chi connectivity index (χ0) is 15.1. The summed E-state index contributed by atoms with van der Waals surface area (Å²) in [5.41, 5.74) is 3.70. The largest absolute Gasteiger partial charge is 0.477 e. The number of nitrogens with one attached hydrogen (secondary N) is 1. The standard InChI is InChI=1S/C16H16N2O3/c1-9-13(10(2)17-14(9)16(20)21)15(19)18-8-7-11-5-3-4-6-12(11)18/h3-6,17H,7-8H2,1-2H3,(H,20,21). The van der Waals surface area contributed by atoms with E-state index in [0.29, 0.717) is 23.4 Å². The third-order valence-electron chi connectivity index (χ3n) is 4.00. The predicted molar refractivity (Wildman–Crippen MR) is 79.0 cm³/mol. The number of amides is 1. The fourth-order valence-corrected chi connectivity index (χ4v) is 2.97. The average Bonchev–Trinajstić information content (AvgIpc) is 3.00. The van der Waals surface area contributed by atoms with Gasteiger partial charge in [-0.3, -0.25) is 4.79 Å². The molecule has 1 aromatic carbocycles. The highest BCUT2D eigenvalue weighted by atomic mass is 16.4. The van der Waals surface area contributed by atoms with Gasteiger partial charge in [-0.1, -0.05) is 18.2 Å². The number of aromatic carboxylic acids is 1. The van der Waals surface area contributed by atoms with E-state index in [2.05, 4.69) is 4.98 Å². The van der Waals surface area contributed by atoms with Crippen LogP contribution in [-0.4, -0.2) is 28.5 Å². The van der Waals surface area contributed by atoms with E-state index < -0.39 is 5.97 Å². The molecule has 0 bridgehead atoms. The first kappa shape index (κ1) is 13.4. The number of benzene rings is 1. The Bertz CT molecular complexity index is 746. The molecule has 0 saturated heterocycles. The van der Waals surface area contributed by atoms with Crippen molar-refractivity contribution in [2.24, 2.45) is 0 Å². The normalized spacial score (nSPS) is 13.3. The molecule has 0 radical (unpaired) electrons. The van der Waals surface area contributed by atoms with Gasteiger partial charge in [-0.25, -0.2) is 4.79 Å². The summed E-state index contributed by atoms with van der Waals surface area (Å²) in [5.74, 6) is -1.19. The number of anilines is 1. The molecule has 0 unspecified atom stereocenters. The van der Waals surface area contributed by atoms with Crippen molar-refractivity contribution in [3.05, 3.63) is 52.3 Å². The third-order valence-corrected chi connectivity index (χ3v) is 4.00. The lowest BCUT2D eigenvalue weighted by molar-refractivity contribution is 0.0690. The van der Waals surface area contributed by atoms with E-state index >= 15 is 0 Å². The van der Waals surface area contributed by atoms with E-state index in [4.69, 9.17) is 5.11 Å². The van der Waals surface area contributed by atoms with Gasteiger partial charge >= 0.3 is 5.97 Å². The Kier molecular flexibility index (Phi) is 3.05. The van der Waals surface area contributed by atoms with E-state index in [9.17, 15) is 9.59 Å². The maximum absolute atomic E-state index is 12.8. The number of para-hydroxylation sites is 1. The second kappa shape index (κ2) is 4.77. The van der Waals surface area contributed by atoms with Crippen LogP contribution in [-0.2, 0) is 6.42 Å². The molecular weight excluding hydrogens is 268 g/mol. The molecule has 0 atom stereocenters. The van der Waals surface area contributed by atoms with Crippen molar-refractivity contribution in [2.45, 2.75) is 20.3 Å². The van der Waals surface area contributed by atoms with E-state index in [1.165, 1.54) is 0 Å². The number of aromatic nitrogens is 1. The first-order valence-corrected chi connectivity index (χ1v) is 6.83. The molecule has 1 amide bonds. The second-order valence-electron chi connectivity index (χ2n) is 5.27. The summed E-state index contributed by atoms with van der Waals surface area (Å²) in [6.07, 6.45) is 0.830. The Morgan fingerprint density at radius 2 is 1.95 bits per heavy atom. The number of carboxylic acid groups (broad SMARTS) is 1. The van der Waals surface area contributed by atoms with Crippen LogP contribution in [0, 0.1) is 13.8 Å². The quantitative estimate of drug-likeness (QED) is 0.890. The Morgan fingerprint density at radius 3 is 2.62 bits per heavy atom. The van der Waals surface area contributed by atoms with Crippen molar-refractivity contribution in [1.29, 1.82) is 0 Å². The lowest BCUT2D eigenvalue weighted by Crippen LogP contribution is -2.29. The zero-order valence-electron chi connectivity index (χ0n) is 11.9. The van der Waals surface area contributed by atoms with Gasteiger partial charge in [0.1, 0.15) is 5.69 Å². The van der Waals surface area contributed by atoms with Gasteiger partial charge in [-0.05, 0) is 37.5 Å². The van der Waals surface area contributed by atoms with Gasteiger partial charge in [0.05, 0.1) is 5.56 Å². The first-order valence-electron chi connectivity index (χ1n) is 6.83. The molecule has 5 heteroatoms. The molecule has 1 aromatic heterocycles.